The molecule has 0 aromatic heterocycles. The predicted molar refractivity (Wildman–Crippen MR) is 116 cm³/mol. The van der Waals surface area contributed by atoms with Gasteiger partial charge in [0.25, 0.3) is 0 Å². The number of hydrogen-bond donors (Lipinski definition) is 0. The lowest BCUT2D eigenvalue weighted by Gasteiger charge is -2.38. The lowest BCUT2D eigenvalue weighted by Crippen LogP contribution is -2.26. The lowest BCUT2D eigenvalue weighted by atomic mass is 9.68. The van der Waals surface area contributed by atoms with Gasteiger partial charge in [0.15, 0.2) is 0 Å². The Balaban J connectivity index is 1.37. The number of aryl methyl sites for hydroxylation is 1. The average molecular weight is 387 g/mol. The summed E-state index contributed by atoms with van der Waals surface area (Å²) in [5, 5.41) is 0. The van der Waals surface area contributed by atoms with Crippen molar-refractivity contribution in [1.82, 2.24) is 0 Å². The second kappa shape index (κ2) is 11.1. The van der Waals surface area contributed by atoms with Crippen molar-refractivity contribution in [2.45, 2.75) is 83.7 Å². The maximum absolute atomic E-state index is 14.1. The summed E-state index contributed by atoms with van der Waals surface area (Å²) >= 11 is 0. The van der Waals surface area contributed by atoms with Gasteiger partial charge in [-0.15, -0.1) is 6.58 Å². The van der Waals surface area contributed by atoms with Crippen molar-refractivity contribution in [1.29, 1.82) is 0 Å². The zero-order valence-electron chi connectivity index (χ0n) is 17.8. The highest BCUT2D eigenvalue weighted by molar-refractivity contribution is 5.24. The first-order valence-corrected chi connectivity index (χ1v) is 11.6. The zero-order chi connectivity index (χ0) is 19.8. The van der Waals surface area contributed by atoms with Crippen molar-refractivity contribution >= 4 is 0 Å². The first kappa shape index (κ1) is 21.6. The molecule has 28 heavy (non-hydrogen) atoms. The molecule has 0 heterocycles. The number of rotatable bonds is 9. The smallest absolute Gasteiger partial charge is 0.128 e. The number of methoxy groups -OCH3 is 1. The van der Waals surface area contributed by atoms with Crippen LogP contribution >= 0.6 is 0 Å². The van der Waals surface area contributed by atoms with E-state index >= 15 is 0 Å². The van der Waals surface area contributed by atoms with Crippen molar-refractivity contribution in [3.63, 3.8) is 0 Å². The van der Waals surface area contributed by atoms with E-state index in [1.807, 2.05) is 6.07 Å². The molecule has 2 heteroatoms. The van der Waals surface area contributed by atoms with Crippen molar-refractivity contribution < 1.29 is 9.13 Å². The van der Waals surface area contributed by atoms with Gasteiger partial charge in [0, 0.05) is 12.7 Å². The molecule has 3 rings (SSSR count). The summed E-state index contributed by atoms with van der Waals surface area (Å²) in [5.41, 5.74) is 1.79. The molecule has 2 fully saturated rings. The summed E-state index contributed by atoms with van der Waals surface area (Å²) in [7, 11) is 1.61. The summed E-state index contributed by atoms with van der Waals surface area (Å²) in [6.07, 6.45) is 18.3. The van der Waals surface area contributed by atoms with E-state index < -0.39 is 0 Å². The van der Waals surface area contributed by atoms with Gasteiger partial charge in [-0.25, -0.2) is 4.39 Å². The molecule has 1 aromatic rings. The highest BCUT2D eigenvalue weighted by Gasteiger charge is 2.30. The molecule has 0 bridgehead atoms. The maximum Gasteiger partial charge on any atom is 0.128 e. The Morgan fingerprint density at radius 3 is 2.11 bits per heavy atom. The molecule has 0 atom stereocenters. The Kier molecular flexibility index (Phi) is 8.58. The van der Waals surface area contributed by atoms with Gasteiger partial charge >= 0.3 is 0 Å². The number of ether oxygens (including phenoxy) is 1. The Morgan fingerprint density at radius 2 is 1.57 bits per heavy atom. The average Bonchev–Trinajstić information content (AvgIpc) is 2.73. The maximum atomic E-state index is 14.1. The third kappa shape index (κ3) is 6.17. The van der Waals surface area contributed by atoms with Gasteiger partial charge < -0.3 is 4.74 Å². The van der Waals surface area contributed by atoms with Crippen LogP contribution in [0.3, 0.4) is 0 Å². The summed E-state index contributed by atoms with van der Waals surface area (Å²) in [5.74, 6) is 3.64. The molecule has 0 unspecified atom stereocenters. The number of hydrogen-bond acceptors (Lipinski definition) is 1. The highest BCUT2D eigenvalue weighted by Crippen LogP contribution is 2.43. The standard InChI is InChI=1S/C26H39FO/c1-3-4-5-20-8-13-23(14-9-20)24-15-10-21(11-16-24)6-7-22-12-17-25(19-28-2)26(27)18-22/h3,12,17-18,20-21,23-24H,1,4-11,13-16,19H2,2H3/t20-,21?,23-,24?. The van der Waals surface area contributed by atoms with Gasteiger partial charge in [0.2, 0.25) is 0 Å². The molecule has 156 valence electrons. The molecule has 0 saturated heterocycles. The highest BCUT2D eigenvalue weighted by atomic mass is 19.1. The quantitative estimate of drug-likeness (QED) is 0.400. The largest absolute Gasteiger partial charge is 0.380 e. The van der Waals surface area contributed by atoms with E-state index in [4.69, 9.17) is 4.74 Å². The fourth-order valence-electron chi connectivity index (χ4n) is 5.64. The van der Waals surface area contributed by atoms with Gasteiger partial charge in [0.05, 0.1) is 6.61 Å². The molecule has 0 radical (unpaired) electrons. The molecule has 2 aliphatic rings. The van der Waals surface area contributed by atoms with Crippen molar-refractivity contribution in [3.8, 4) is 0 Å². The third-order valence-corrected chi connectivity index (χ3v) is 7.49. The lowest BCUT2D eigenvalue weighted by molar-refractivity contribution is 0.141. The molecular formula is C26H39FO. The Morgan fingerprint density at radius 1 is 0.964 bits per heavy atom. The molecule has 1 aromatic carbocycles. The number of allylic oxidation sites excluding steroid dienone is 1. The summed E-state index contributed by atoms with van der Waals surface area (Å²) < 4.78 is 19.1. The molecule has 2 saturated carbocycles. The zero-order valence-corrected chi connectivity index (χ0v) is 17.8. The van der Waals surface area contributed by atoms with E-state index in [1.54, 1.807) is 13.2 Å². The Hall–Kier alpha value is -1.15. The van der Waals surface area contributed by atoms with E-state index in [9.17, 15) is 4.39 Å². The topological polar surface area (TPSA) is 9.23 Å². The van der Waals surface area contributed by atoms with Crippen LogP contribution in [-0.4, -0.2) is 7.11 Å². The molecule has 0 aliphatic heterocycles. The van der Waals surface area contributed by atoms with Gasteiger partial charge in [0.1, 0.15) is 5.82 Å². The monoisotopic (exact) mass is 386 g/mol. The van der Waals surface area contributed by atoms with Crippen LogP contribution in [-0.2, 0) is 17.8 Å². The predicted octanol–water partition coefficient (Wildman–Crippen LogP) is 7.48. The Labute approximate surface area is 171 Å². The van der Waals surface area contributed by atoms with Gasteiger partial charge in [-0.3, -0.25) is 0 Å². The first-order valence-electron chi connectivity index (χ1n) is 11.6. The molecule has 2 aliphatic carbocycles. The second-order valence-corrected chi connectivity index (χ2v) is 9.33. The summed E-state index contributed by atoms with van der Waals surface area (Å²) in [6, 6.07) is 5.68. The van der Waals surface area contributed by atoms with Crippen LogP contribution in [0.4, 0.5) is 4.39 Å². The van der Waals surface area contributed by atoms with Crippen LogP contribution in [0.25, 0.3) is 0 Å². The summed E-state index contributed by atoms with van der Waals surface area (Å²) in [6.45, 7) is 4.22. The second-order valence-electron chi connectivity index (χ2n) is 9.33. The van der Waals surface area contributed by atoms with Crippen molar-refractivity contribution in [3.05, 3.63) is 47.8 Å². The van der Waals surface area contributed by atoms with Crippen LogP contribution < -0.4 is 0 Å². The van der Waals surface area contributed by atoms with Crippen LogP contribution in [0.2, 0.25) is 0 Å². The minimum atomic E-state index is -0.119. The van der Waals surface area contributed by atoms with Crippen LogP contribution in [0.5, 0.6) is 0 Å². The van der Waals surface area contributed by atoms with E-state index in [1.165, 1.54) is 70.6 Å². The van der Waals surface area contributed by atoms with E-state index in [-0.39, 0.29) is 5.82 Å². The normalized spacial score (nSPS) is 28.2. The van der Waals surface area contributed by atoms with Gasteiger partial charge in [-0.05, 0) is 86.7 Å². The molecular weight excluding hydrogens is 347 g/mol. The summed E-state index contributed by atoms with van der Waals surface area (Å²) in [4.78, 5) is 0. The van der Waals surface area contributed by atoms with Gasteiger partial charge in [-0.2, -0.15) is 0 Å². The minimum Gasteiger partial charge on any atom is -0.380 e. The molecule has 0 N–H and O–H groups in total. The SMILES string of the molecule is C=CCC[C@H]1CC[C@H](C2CCC(CCc3ccc(COC)c(F)c3)CC2)CC1. The van der Waals surface area contributed by atoms with Crippen molar-refractivity contribution in [2.75, 3.05) is 7.11 Å². The molecule has 1 nitrogen and oxygen atoms in total. The number of benzene rings is 1. The molecule has 0 amide bonds. The fourth-order valence-corrected chi connectivity index (χ4v) is 5.64. The molecule has 0 spiro atoms. The van der Waals surface area contributed by atoms with Crippen LogP contribution in [0.1, 0.15) is 81.8 Å². The third-order valence-electron chi connectivity index (χ3n) is 7.49. The first-order chi connectivity index (χ1) is 13.7. The van der Waals surface area contributed by atoms with Crippen molar-refractivity contribution in [2.24, 2.45) is 23.7 Å². The Bertz CT molecular complexity index is 594. The van der Waals surface area contributed by atoms with Gasteiger partial charge in [-0.1, -0.05) is 43.9 Å². The fraction of sp³-hybridized carbons (Fsp3) is 0.692. The van der Waals surface area contributed by atoms with E-state index in [0.29, 0.717) is 12.2 Å². The van der Waals surface area contributed by atoms with E-state index in [0.717, 1.165) is 35.7 Å². The van der Waals surface area contributed by atoms with Crippen LogP contribution in [0.15, 0.2) is 30.9 Å². The van der Waals surface area contributed by atoms with E-state index in [2.05, 4.69) is 18.7 Å². The number of halogens is 1. The van der Waals surface area contributed by atoms with Crippen LogP contribution in [0, 0.1) is 29.5 Å². The minimum absolute atomic E-state index is 0.119.